The number of hydrogen-bond donors (Lipinski definition) is 4. The molecule has 2 amide bonds. The fourth-order valence-corrected chi connectivity index (χ4v) is 5.84. The highest BCUT2D eigenvalue weighted by atomic mass is 32.1. The molecule has 3 rings (SSSR count). The van der Waals surface area contributed by atoms with E-state index in [1.807, 2.05) is 25.1 Å². The van der Waals surface area contributed by atoms with Crippen LogP contribution in [0.3, 0.4) is 0 Å². The van der Waals surface area contributed by atoms with E-state index in [4.69, 9.17) is 9.47 Å². The van der Waals surface area contributed by atoms with Crippen molar-refractivity contribution in [3.8, 4) is 5.75 Å². The van der Waals surface area contributed by atoms with Crippen LogP contribution < -0.4 is 15.4 Å². The predicted octanol–water partition coefficient (Wildman–Crippen LogP) is 3.61. The number of aryl methyl sites for hydroxylation is 1. The summed E-state index contributed by atoms with van der Waals surface area (Å²) in [5, 5.41) is 5.76. The van der Waals surface area contributed by atoms with E-state index in [1.165, 1.54) is 6.42 Å². The average molecular weight is 539 g/mol. The Kier molecular flexibility index (Phi) is 12.0. The molecule has 3 atom stereocenters. The van der Waals surface area contributed by atoms with Crippen molar-refractivity contribution in [2.45, 2.75) is 63.6 Å². The Morgan fingerprint density at radius 2 is 1.89 bits per heavy atom. The van der Waals surface area contributed by atoms with Crippen LogP contribution in [0.2, 0.25) is 0 Å². The maximum atomic E-state index is 12.7. The van der Waals surface area contributed by atoms with Crippen LogP contribution in [-0.2, 0) is 9.53 Å². The Morgan fingerprint density at radius 3 is 2.56 bits per heavy atom. The van der Waals surface area contributed by atoms with E-state index in [0.717, 1.165) is 63.1 Å². The number of hydrogen-bond acceptors (Lipinski definition) is 8. The zero-order chi connectivity index (χ0) is 25.9. The van der Waals surface area contributed by atoms with Crippen LogP contribution in [-0.4, -0.2) is 91.3 Å². The highest BCUT2D eigenvalue weighted by Gasteiger charge is 2.39. The number of anilines is 1. The normalized spacial score (nSPS) is 21.8. The van der Waals surface area contributed by atoms with Crippen LogP contribution in [0, 0.1) is 6.92 Å². The summed E-state index contributed by atoms with van der Waals surface area (Å²) in [5.74, 6) is 2.03. The molecular formula is C26H42N4O4S2. The lowest BCUT2D eigenvalue weighted by atomic mass is 9.82. The standard InChI is InChI=1S/C26H42N4O4S2/c1-19-7-8-24(33-2)23(15-19)28-26(32)34-22-16-20-5-3-6-21(17-22)30(20)11-4-10-29(12-14-36)18-25(31)27-9-13-35/h7-8,15,20-22,35-36H,3-6,9-14,16-18H2,1-2H3,(H,27,31)(H,28,32)/t20-,21+,22?. The molecule has 0 saturated carbocycles. The minimum absolute atomic E-state index is 0.0437. The Balaban J connectivity index is 1.48. The van der Waals surface area contributed by atoms with Gasteiger partial charge in [-0.25, -0.2) is 4.79 Å². The second kappa shape index (κ2) is 15.0. The van der Waals surface area contributed by atoms with Crippen molar-refractivity contribution in [2.24, 2.45) is 0 Å². The monoisotopic (exact) mass is 538 g/mol. The van der Waals surface area contributed by atoms with Gasteiger partial charge in [-0.15, -0.1) is 0 Å². The number of piperidine rings is 2. The van der Waals surface area contributed by atoms with Gasteiger partial charge in [0, 0.05) is 49.5 Å². The zero-order valence-corrected chi connectivity index (χ0v) is 23.4. The van der Waals surface area contributed by atoms with Gasteiger partial charge in [0.1, 0.15) is 11.9 Å². The summed E-state index contributed by atoms with van der Waals surface area (Å²) < 4.78 is 11.2. The van der Waals surface area contributed by atoms with E-state index in [9.17, 15) is 9.59 Å². The van der Waals surface area contributed by atoms with Gasteiger partial charge < -0.3 is 14.8 Å². The minimum atomic E-state index is -0.422. The highest BCUT2D eigenvalue weighted by Crippen LogP contribution is 2.35. The number of amides is 2. The quantitative estimate of drug-likeness (QED) is 0.287. The molecule has 2 N–H and O–H groups in total. The number of rotatable bonds is 13. The molecule has 202 valence electrons. The third kappa shape index (κ3) is 8.75. The number of ether oxygens (including phenoxy) is 2. The molecule has 36 heavy (non-hydrogen) atoms. The van der Waals surface area contributed by atoms with E-state index in [-0.39, 0.29) is 12.0 Å². The number of carbonyl (C=O) groups is 2. The molecule has 2 saturated heterocycles. The number of nitrogens with zero attached hydrogens (tertiary/aromatic N) is 2. The third-order valence-electron chi connectivity index (χ3n) is 7.06. The van der Waals surface area contributed by atoms with Crippen LogP contribution in [0.4, 0.5) is 10.5 Å². The largest absolute Gasteiger partial charge is 0.495 e. The molecular weight excluding hydrogens is 496 g/mol. The third-order valence-corrected chi connectivity index (χ3v) is 7.48. The Labute approximate surface area is 226 Å². The molecule has 0 aliphatic carbocycles. The van der Waals surface area contributed by atoms with Crippen LogP contribution in [0.5, 0.6) is 5.75 Å². The molecule has 0 aromatic heterocycles. The number of benzene rings is 1. The summed E-state index contributed by atoms with van der Waals surface area (Å²) in [6, 6.07) is 6.54. The smallest absolute Gasteiger partial charge is 0.412 e. The van der Waals surface area contributed by atoms with Gasteiger partial charge in [-0.2, -0.15) is 25.3 Å². The van der Waals surface area contributed by atoms with E-state index in [1.54, 1.807) is 7.11 Å². The van der Waals surface area contributed by atoms with Gasteiger partial charge in [-0.05, 0) is 57.0 Å². The molecule has 2 aliphatic rings. The molecule has 2 heterocycles. The molecule has 2 aliphatic heterocycles. The molecule has 1 aromatic rings. The van der Waals surface area contributed by atoms with Gasteiger partial charge in [-0.1, -0.05) is 12.5 Å². The van der Waals surface area contributed by atoms with Crippen molar-refractivity contribution < 1.29 is 19.1 Å². The molecule has 0 radical (unpaired) electrons. The van der Waals surface area contributed by atoms with Crippen LogP contribution >= 0.6 is 25.3 Å². The number of fused-ring (bicyclic) bond motifs is 2. The number of carbonyl (C=O) groups excluding carboxylic acids is 2. The van der Waals surface area contributed by atoms with Crippen molar-refractivity contribution >= 4 is 42.9 Å². The first-order chi connectivity index (χ1) is 17.4. The second-order valence-corrected chi connectivity index (χ2v) is 10.6. The van der Waals surface area contributed by atoms with Crippen LogP contribution in [0.25, 0.3) is 0 Å². The van der Waals surface area contributed by atoms with Gasteiger partial charge in [0.05, 0.1) is 19.3 Å². The maximum Gasteiger partial charge on any atom is 0.412 e. The predicted molar refractivity (Wildman–Crippen MR) is 151 cm³/mol. The van der Waals surface area contributed by atoms with Crippen LogP contribution in [0.1, 0.15) is 44.1 Å². The fourth-order valence-electron chi connectivity index (χ4n) is 5.44. The highest BCUT2D eigenvalue weighted by molar-refractivity contribution is 7.80. The Hall–Kier alpha value is -1.62. The lowest BCUT2D eigenvalue weighted by Crippen LogP contribution is -2.54. The van der Waals surface area contributed by atoms with Crippen molar-refractivity contribution in [3.05, 3.63) is 23.8 Å². The van der Waals surface area contributed by atoms with E-state index >= 15 is 0 Å². The number of thiol groups is 2. The van der Waals surface area contributed by atoms with E-state index in [0.29, 0.717) is 42.4 Å². The number of nitrogens with one attached hydrogen (secondary N) is 2. The summed E-state index contributed by atoms with van der Waals surface area (Å²) in [7, 11) is 1.59. The van der Waals surface area contributed by atoms with Crippen molar-refractivity contribution in [2.75, 3.05) is 56.7 Å². The summed E-state index contributed by atoms with van der Waals surface area (Å²) in [6.07, 6.45) is 5.72. The second-order valence-electron chi connectivity index (χ2n) is 9.73. The summed E-state index contributed by atoms with van der Waals surface area (Å²) in [6.45, 7) is 5.62. The molecule has 1 aromatic carbocycles. The van der Waals surface area contributed by atoms with Gasteiger partial charge >= 0.3 is 6.09 Å². The lowest BCUT2D eigenvalue weighted by molar-refractivity contribution is -0.122. The lowest BCUT2D eigenvalue weighted by Gasteiger charge is -2.48. The molecule has 0 spiro atoms. The summed E-state index contributed by atoms with van der Waals surface area (Å²) in [4.78, 5) is 29.6. The van der Waals surface area contributed by atoms with Crippen molar-refractivity contribution in [1.82, 2.24) is 15.1 Å². The topological polar surface area (TPSA) is 83.1 Å². The molecule has 1 unspecified atom stereocenters. The van der Waals surface area contributed by atoms with Gasteiger partial charge in [0.25, 0.3) is 0 Å². The Bertz CT molecular complexity index is 845. The first-order valence-electron chi connectivity index (χ1n) is 13.0. The van der Waals surface area contributed by atoms with Gasteiger partial charge in [0.15, 0.2) is 0 Å². The van der Waals surface area contributed by atoms with Gasteiger partial charge in [0.2, 0.25) is 5.91 Å². The van der Waals surface area contributed by atoms with E-state index < -0.39 is 6.09 Å². The minimum Gasteiger partial charge on any atom is -0.495 e. The summed E-state index contributed by atoms with van der Waals surface area (Å²) >= 11 is 8.51. The first kappa shape index (κ1) is 28.9. The number of methoxy groups -OCH3 is 1. The summed E-state index contributed by atoms with van der Waals surface area (Å²) in [5.41, 5.74) is 1.67. The van der Waals surface area contributed by atoms with Gasteiger partial charge in [-0.3, -0.25) is 19.9 Å². The first-order valence-corrected chi connectivity index (χ1v) is 14.3. The Morgan fingerprint density at radius 1 is 1.14 bits per heavy atom. The molecule has 2 fully saturated rings. The zero-order valence-electron chi connectivity index (χ0n) is 21.6. The van der Waals surface area contributed by atoms with Crippen molar-refractivity contribution in [1.29, 1.82) is 0 Å². The molecule has 2 bridgehead atoms. The SMILES string of the molecule is COc1ccc(C)cc1NC(=O)OC1C[C@H]2CCC[C@@H](C1)N2CCCN(CCS)CC(=O)NCCS. The van der Waals surface area contributed by atoms with E-state index in [2.05, 4.69) is 45.7 Å². The fraction of sp³-hybridized carbons (Fsp3) is 0.692. The van der Waals surface area contributed by atoms with Crippen molar-refractivity contribution in [3.63, 3.8) is 0 Å². The average Bonchev–Trinajstić information content (AvgIpc) is 2.83. The maximum absolute atomic E-state index is 12.7. The molecule has 10 heteroatoms. The molecule has 8 nitrogen and oxygen atoms in total. The van der Waals surface area contributed by atoms with Crippen LogP contribution in [0.15, 0.2) is 18.2 Å².